The van der Waals surface area contributed by atoms with Gasteiger partial charge in [0, 0.05) is 11.6 Å². The molecule has 3 N–H and O–H groups in total. The molecule has 2 aromatic carbocycles. The minimum Gasteiger partial charge on any atom is -0.493 e. The van der Waals surface area contributed by atoms with E-state index in [1.807, 2.05) is 12.1 Å². The van der Waals surface area contributed by atoms with Crippen molar-refractivity contribution in [3.05, 3.63) is 46.6 Å². The van der Waals surface area contributed by atoms with Crippen LogP contribution >= 0.6 is 0 Å². The van der Waals surface area contributed by atoms with Crippen molar-refractivity contribution in [2.24, 2.45) is 0 Å². The molecule has 0 saturated carbocycles. The Morgan fingerprint density at radius 3 is 2.72 bits per heavy atom. The van der Waals surface area contributed by atoms with Crippen LogP contribution in [0.15, 0.2) is 45.6 Å². The van der Waals surface area contributed by atoms with Crippen LogP contribution in [0, 0.1) is 0 Å². The minimum atomic E-state index is -0.168. The Kier molecular flexibility index (Phi) is 3.35. The molecule has 0 aliphatic carbocycles. The first-order valence-electron chi connectivity index (χ1n) is 7.55. The summed E-state index contributed by atoms with van der Waals surface area (Å²) in [7, 11) is 3.03. The maximum atomic E-state index is 12.5. The van der Waals surface area contributed by atoms with E-state index in [1.54, 1.807) is 18.2 Å². The van der Waals surface area contributed by atoms with E-state index in [-0.39, 0.29) is 5.43 Å². The van der Waals surface area contributed by atoms with Gasteiger partial charge in [-0.05, 0) is 30.3 Å². The number of nitrogens with zero attached hydrogens (tertiary/aromatic N) is 1. The number of rotatable bonds is 3. The van der Waals surface area contributed by atoms with Crippen LogP contribution in [0.25, 0.3) is 33.3 Å². The van der Waals surface area contributed by atoms with Crippen LogP contribution in [0.1, 0.15) is 0 Å². The van der Waals surface area contributed by atoms with Gasteiger partial charge < -0.3 is 24.6 Å². The molecule has 0 fully saturated rings. The van der Waals surface area contributed by atoms with Gasteiger partial charge in [0.1, 0.15) is 5.76 Å². The third-order valence-corrected chi connectivity index (χ3v) is 4.03. The number of ether oxygens (including phenoxy) is 2. The summed E-state index contributed by atoms with van der Waals surface area (Å²) in [5, 5.41) is 0.423. The molecule has 2 heterocycles. The van der Waals surface area contributed by atoms with Crippen LogP contribution in [0.2, 0.25) is 0 Å². The molecule has 25 heavy (non-hydrogen) atoms. The van der Waals surface area contributed by atoms with Gasteiger partial charge in [0.2, 0.25) is 5.75 Å². The Hall–Kier alpha value is -3.48. The number of aromatic nitrogens is 2. The van der Waals surface area contributed by atoms with Crippen LogP contribution in [-0.4, -0.2) is 24.2 Å². The first kappa shape index (κ1) is 15.1. The molecule has 7 nitrogen and oxygen atoms in total. The van der Waals surface area contributed by atoms with Gasteiger partial charge >= 0.3 is 0 Å². The summed E-state index contributed by atoms with van der Waals surface area (Å²) in [5.74, 6) is 1.61. The van der Waals surface area contributed by atoms with Gasteiger partial charge in [-0.15, -0.1) is 0 Å². The molecule has 4 aromatic rings. The molecule has 4 rings (SSSR count). The molecule has 0 atom stereocenters. The smallest absolute Gasteiger partial charge is 0.204 e. The molecule has 0 saturated heterocycles. The molecule has 126 valence electrons. The Morgan fingerprint density at radius 1 is 1.12 bits per heavy atom. The van der Waals surface area contributed by atoms with Crippen molar-refractivity contribution >= 4 is 28.0 Å². The predicted molar refractivity (Wildman–Crippen MR) is 95.1 cm³/mol. The second-order valence-corrected chi connectivity index (χ2v) is 5.51. The van der Waals surface area contributed by atoms with E-state index in [4.69, 9.17) is 19.6 Å². The summed E-state index contributed by atoms with van der Waals surface area (Å²) in [4.78, 5) is 19.7. The lowest BCUT2D eigenvalue weighted by atomic mass is 10.1. The number of fused-ring (bicyclic) bond motifs is 2. The molecule has 0 bridgehead atoms. The van der Waals surface area contributed by atoms with E-state index in [1.165, 1.54) is 20.3 Å². The zero-order valence-corrected chi connectivity index (χ0v) is 13.6. The fraction of sp³-hybridized carbons (Fsp3) is 0.111. The molecular weight excluding hydrogens is 322 g/mol. The Bertz CT molecular complexity index is 1160. The van der Waals surface area contributed by atoms with E-state index < -0.39 is 0 Å². The summed E-state index contributed by atoms with van der Waals surface area (Å²) >= 11 is 0. The summed E-state index contributed by atoms with van der Waals surface area (Å²) < 4.78 is 16.6. The second kappa shape index (κ2) is 5.55. The van der Waals surface area contributed by atoms with Gasteiger partial charge in [0.05, 0.1) is 30.6 Å². The zero-order chi connectivity index (χ0) is 17.6. The summed E-state index contributed by atoms with van der Waals surface area (Å²) in [6.07, 6.45) is 0. The van der Waals surface area contributed by atoms with E-state index in [9.17, 15) is 4.79 Å². The maximum absolute atomic E-state index is 12.5. The van der Waals surface area contributed by atoms with Crippen LogP contribution in [0.5, 0.6) is 11.5 Å². The Balaban J connectivity index is 1.98. The largest absolute Gasteiger partial charge is 0.493 e. The van der Waals surface area contributed by atoms with Crippen LogP contribution < -0.4 is 20.6 Å². The molecule has 2 aromatic heterocycles. The lowest BCUT2D eigenvalue weighted by Crippen LogP contribution is -2.02. The van der Waals surface area contributed by atoms with Crippen LogP contribution in [0.3, 0.4) is 0 Å². The molecular formula is C18H15N3O4. The number of nitrogens with one attached hydrogen (secondary N) is 1. The number of aromatic amines is 1. The van der Waals surface area contributed by atoms with Gasteiger partial charge in [-0.25, -0.2) is 4.98 Å². The van der Waals surface area contributed by atoms with Crippen molar-refractivity contribution in [2.45, 2.75) is 0 Å². The first-order chi connectivity index (χ1) is 12.1. The number of hydrogen-bond donors (Lipinski definition) is 2. The van der Waals surface area contributed by atoms with Crippen LogP contribution in [0.4, 0.5) is 5.95 Å². The number of imidazole rings is 1. The third-order valence-electron chi connectivity index (χ3n) is 4.03. The summed E-state index contributed by atoms with van der Waals surface area (Å²) in [5.41, 5.74) is 8.06. The normalized spacial score (nSPS) is 11.1. The Labute approximate surface area is 142 Å². The van der Waals surface area contributed by atoms with Gasteiger partial charge in [0.25, 0.3) is 0 Å². The molecule has 0 aliphatic rings. The average Bonchev–Trinajstić information content (AvgIpc) is 2.99. The lowest BCUT2D eigenvalue weighted by molar-refractivity contribution is 0.353. The number of nitrogen functional groups attached to an aromatic ring is 1. The van der Waals surface area contributed by atoms with Crippen LogP contribution in [-0.2, 0) is 0 Å². The highest BCUT2D eigenvalue weighted by Crippen LogP contribution is 2.36. The van der Waals surface area contributed by atoms with Gasteiger partial charge in [-0.2, -0.15) is 0 Å². The fourth-order valence-corrected chi connectivity index (χ4v) is 2.85. The molecule has 0 aliphatic heterocycles. The lowest BCUT2D eigenvalue weighted by Gasteiger charge is -2.10. The highest BCUT2D eigenvalue weighted by Gasteiger charge is 2.16. The molecule has 0 radical (unpaired) electrons. The number of benzene rings is 2. The highest BCUT2D eigenvalue weighted by atomic mass is 16.5. The Morgan fingerprint density at radius 2 is 1.96 bits per heavy atom. The van der Waals surface area contributed by atoms with Crippen molar-refractivity contribution in [1.82, 2.24) is 9.97 Å². The van der Waals surface area contributed by atoms with Crippen molar-refractivity contribution in [3.8, 4) is 22.8 Å². The number of anilines is 1. The van der Waals surface area contributed by atoms with Crippen molar-refractivity contribution in [2.75, 3.05) is 20.0 Å². The van der Waals surface area contributed by atoms with E-state index >= 15 is 0 Å². The van der Waals surface area contributed by atoms with E-state index in [2.05, 4.69) is 9.97 Å². The monoisotopic (exact) mass is 337 g/mol. The van der Waals surface area contributed by atoms with Gasteiger partial charge in [-0.1, -0.05) is 0 Å². The number of methoxy groups -OCH3 is 2. The third kappa shape index (κ3) is 2.37. The summed E-state index contributed by atoms with van der Waals surface area (Å²) in [6.45, 7) is 0. The fourth-order valence-electron chi connectivity index (χ4n) is 2.85. The quantitative estimate of drug-likeness (QED) is 0.596. The van der Waals surface area contributed by atoms with E-state index in [0.717, 1.165) is 5.52 Å². The molecule has 0 unspecified atom stereocenters. The average molecular weight is 337 g/mol. The maximum Gasteiger partial charge on any atom is 0.204 e. The molecule has 0 amide bonds. The van der Waals surface area contributed by atoms with Gasteiger partial charge in [-0.3, -0.25) is 4.79 Å². The van der Waals surface area contributed by atoms with E-state index in [0.29, 0.717) is 45.3 Å². The highest BCUT2D eigenvalue weighted by molar-refractivity contribution is 5.88. The van der Waals surface area contributed by atoms with Gasteiger partial charge in [0.15, 0.2) is 22.7 Å². The van der Waals surface area contributed by atoms with Crippen molar-refractivity contribution in [1.29, 1.82) is 0 Å². The van der Waals surface area contributed by atoms with Crippen molar-refractivity contribution in [3.63, 3.8) is 0 Å². The standard InChI is InChI=1S/C18H15N3O4/c1-23-14-6-4-10-13(22)8-15(25-16(10)17(14)24-2)9-3-5-11-12(7-9)21-18(19)20-11/h3-8H,1-2H3,(H3,19,20,21). The minimum absolute atomic E-state index is 0.168. The SMILES string of the molecule is COc1ccc2c(=O)cc(-c3ccc4[nH]c(N)nc4c3)oc2c1OC. The number of nitrogens with two attached hydrogens (primary N) is 1. The first-order valence-corrected chi connectivity index (χ1v) is 7.55. The molecule has 0 spiro atoms. The number of hydrogen-bond acceptors (Lipinski definition) is 6. The number of H-pyrrole nitrogens is 1. The predicted octanol–water partition coefficient (Wildman–Crippen LogP) is 2.94. The van der Waals surface area contributed by atoms with Crippen molar-refractivity contribution < 1.29 is 13.9 Å². The second-order valence-electron chi connectivity index (χ2n) is 5.51. The summed E-state index contributed by atoms with van der Waals surface area (Å²) in [6, 6.07) is 10.3. The zero-order valence-electron chi connectivity index (χ0n) is 13.6. The molecule has 7 heteroatoms. The topological polar surface area (TPSA) is 103 Å².